The predicted octanol–water partition coefficient (Wildman–Crippen LogP) is 16.2. The van der Waals surface area contributed by atoms with Crippen molar-refractivity contribution in [3.63, 3.8) is 0 Å². The van der Waals surface area contributed by atoms with E-state index in [4.69, 9.17) is 0 Å². The molecule has 0 radical (unpaired) electrons. The molecule has 1 spiro atoms. The third-order valence-corrected chi connectivity index (χ3v) is 13.1. The van der Waals surface area contributed by atoms with Crippen molar-refractivity contribution in [2.24, 2.45) is 0 Å². The molecule has 0 aliphatic heterocycles. The Kier molecular flexibility index (Phi) is 8.47. The van der Waals surface area contributed by atoms with Gasteiger partial charge in [-0.1, -0.05) is 200 Å². The fourth-order valence-electron chi connectivity index (χ4n) is 10.4. The van der Waals surface area contributed by atoms with E-state index in [1.165, 1.54) is 89.0 Å². The summed E-state index contributed by atoms with van der Waals surface area (Å²) in [5, 5.41) is 0. The van der Waals surface area contributed by atoms with Gasteiger partial charge in [0, 0.05) is 16.9 Å². The third kappa shape index (κ3) is 5.63. The van der Waals surface area contributed by atoms with Gasteiger partial charge < -0.3 is 4.90 Å². The summed E-state index contributed by atoms with van der Waals surface area (Å²) >= 11 is 0. The van der Waals surface area contributed by atoms with Crippen LogP contribution in [0.1, 0.15) is 22.3 Å². The Morgan fingerprint density at radius 3 is 1.05 bits per heavy atom. The molecular weight excluding hydrogens is 747 g/mol. The van der Waals surface area contributed by atoms with Crippen LogP contribution < -0.4 is 4.90 Å². The summed E-state index contributed by atoms with van der Waals surface area (Å²) in [6.07, 6.45) is 0. The highest BCUT2D eigenvalue weighted by Gasteiger charge is 2.52. The van der Waals surface area contributed by atoms with Crippen LogP contribution >= 0.6 is 0 Å². The number of nitrogens with zero attached hydrogens (tertiary/aromatic N) is 1. The predicted molar refractivity (Wildman–Crippen MR) is 259 cm³/mol. The van der Waals surface area contributed by atoms with Crippen LogP contribution in [0.2, 0.25) is 0 Å². The average molecular weight is 788 g/mol. The van der Waals surface area contributed by atoms with E-state index in [2.05, 4.69) is 254 Å². The molecule has 2 aliphatic carbocycles. The zero-order valence-electron chi connectivity index (χ0n) is 34.1. The average Bonchev–Trinajstić information content (AvgIpc) is 3.83. The molecule has 0 unspecified atom stereocenters. The smallest absolute Gasteiger partial charge is 0.0726 e. The highest BCUT2D eigenvalue weighted by molar-refractivity contribution is 6.01. The van der Waals surface area contributed by atoms with Gasteiger partial charge in [-0.05, 0) is 132 Å². The molecule has 0 fully saturated rings. The van der Waals surface area contributed by atoms with Gasteiger partial charge in [-0.3, -0.25) is 0 Å². The SMILES string of the molecule is c1ccc(-c2ccc(N(c3ccc(-c4cc(-c5ccccc5)cc(-c5ccccc5)c4)cc3)c3cccc4c3-c3ccccc3C43c4ccccc4-c4ccccc43)cc2)cc1. The van der Waals surface area contributed by atoms with E-state index < -0.39 is 5.41 Å². The lowest BCUT2D eigenvalue weighted by molar-refractivity contribution is 0.794. The second-order valence-corrected chi connectivity index (χ2v) is 16.4. The molecule has 0 aromatic heterocycles. The number of fused-ring (bicyclic) bond motifs is 10. The van der Waals surface area contributed by atoms with Crippen molar-refractivity contribution in [2.45, 2.75) is 5.41 Å². The van der Waals surface area contributed by atoms with Crippen LogP contribution in [0, 0.1) is 0 Å². The van der Waals surface area contributed by atoms with Gasteiger partial charge in [0.05, 0.1) is 11.1 Å². The second-order valence-electron chi connectivity index (χ2n) is 16.4. The zero-order valence-corrected chi connectivity index (χ0v) is 34.1. The van der Waals surface area contributed by atoms with Crippen molar-refractivity contribution >= 4 is 17.1 Å². The van der Waals surface area contributed by atoms with Crippen LogP contribution in [-0.4, -0.2) is 0 Å². The molecule has 0 N–H and O–H groups in total. The molecule has 62 heavy (non-hydrogen) atoms. The number of rotatable bonds is 7. The Morgan fingerprint density at radius 1 is 0.242 bits per heavy atom. The summed E-state index contributed by atoms with van der Waals surface area (Å²) in [5.41, 5.74) is 23.0. The molecule has 2 aliphatic rings. The van der Waals surface area contributed by atoms with E-state index in [0.29, 0.717) is 0 Å². The lowest BCUT2D eigenvalue weighted by atomic mass is 9.70. The van der Waals surface area contributed by atoms with Gasteiger partial charge in [-0.15, -0.1) is 0 Å². The molecular formula is C61H41N. The van der Waals surface area contributed by atoms with Gasteiger partial charge in [0.2, 0.25) is 0 Å². The first kappa shape index (κ1) is 35.9. The third-order valence-electron chi connectivity index (χ3n) is 13.1. The Bertz CT molecular complexity index is 3150. The maximum atomic E-state index is 2.47. The minimum absolute atomic E-state index is 0.429. The summed E-state index contributed by atoms with van der Waals surface area (Å²) in [4.78, 5) is 2.47. The van der Waals surface area contributed by atoms with E-state index in [1.807, 2.05) is 0 Å². The monoisotopic (exact) mass is 787 g/mol. The van der Waals surface area contributed by atoms with Gasteiger partial charge >= 0.3 is 0 Å². The van der Waals surface area contributed by atoms with Gasteiger partial charge in [0.15, 0.2) is 0 Å². The highest BCUT2D eigenvalue weighted by Crippen LogP contribution is 2.64. The van der Waals surface area contributed by atoms with Gasteiger partial charge in [0.1, 0.15) is 0 Å². The summed E-state index contributed by atoms with van der Waals surface area (Å²) in [5.74, 6) is 0. The maximum absolute atomic E-state index is 2.47. The Morgan fingerprint density at radius 2 is 0.581 bits per heavy atom. The fourth-order valence-corrected chi connectivity index (χ4v) is 10.4. The second kappa shape index (κ2) is 14.6. The van der Waals surface area contributed by atoms with Crippen LogP contribution in [-0.2, 0) is 5.41 Å². The summed E-state index contributed by atoms with van der Waals surface area (Å²) in [6, 6.07) is 91.4. The van der Waals surface area contributed by atoms with E-state index in [9.17, 15) is 0 Å². The molecule has 1 heteroatoms. The van der Waals surface area contributed by atoms with E-state index >= 15 is 0 Å². The van der Waals surface area contributed by atoms with E-state index in [0.717, 1.165) is 17.1 Å². The standard InChI is InChI=1S/C61H41N/c1-4-17-42(18-5-1)45-31-35-50(36-32-45)62(51-37-33-46(34-38-51)49-40-47(43-19-6-2-7-20-43)39-48(41-49)44-21-8-3-9-22-44)59-30-16-29-58-60(59)54-25-12-15-28-57(54)61(58)55-26-13-10-23-52(55)53-24-11-14-27-56(53)61/h1-41H. The summed E-state index contributed by atoms with van der Waals surface area (Å²) in [6.45, 7) is 0. The molecule has 0 atom stereocenters. The largest absolute Gasteiger partial charge is 0.310 e. The first-order chi connectivity index (χ1) is 30.8. The Hall–Kier alpha value is -8.00. The zero-order chi connectivity index (χ0) is 41.0. The topological polar surface area (TPSA) is 3.24 Å². The van der Waals surface area contributed by atoms with E-state index in [1.54, 1.807) is 0 Å². The normalized spacial score (nSPS) is 12.6. The molecule has 1 nitrogen and oxygen atoms in total. The Labute approximate surface area is 363 Å². The molecule has 0 bridgehead atoms. The van der Waals surface area contributed by atoms with Crippen LogP contribution in [0.15, 0.2) is 249 Å². The summed E-state index contributed by atoms with van der Waals surface area (Å²) < 4.78 is 0. The van der Waals surface area contributed by atoms with Gasteiger partial charge in [-0.25, -0.2) is 0 Å². The van der Waals surface area contributed by atoms with E-state index in [-0.39, 0.29) is 0 Å². The number of hydrogen-bond donors (Lipinski definition) is 0. The van der Waals surface area contributed by atoms with Crippen molar-refractivity contribution in [1.29, 1.82) is 0 Å². The molecule has 0 heterocycles. The quantitative estimate of drug-likeness (QED) is 0.155. The Balaban J connectivity index is 1.05. The van der Waals surface area contributed by atoms with Crippen molar-refractivity contribution in [1.82, 2.24) is 0 Å². The number of hydrogen-bond acceptors (Lipinski definition) is 1. The molecule has 0 amide bonds. The maximum Gasteiger partial charge on any atom is 0.0726 e. The van der Waals surface area contributed by atoms with Crippen LogP contribution in [0.25, 0.3) is 66.8 Å². The first-order valence-corrected chi connectivity index (χ1v) is 21.5. The van der Waals surface area contributed by atoms with Gasteiger partial charge in [0.25, 0.3) is 0 Å². The number of anilines is 3. The summed E-state index contributed by atoms with van der Waals surface area (Å²) in [7, 11) is 0. The molecule has 0 saturated carbocycles. The molecule has 12 rings (SSSR count). The highest BCUT2D eigenvalue weighted by atomic mass is 15.1. The van der Waals surface area contributed by atoms with Crippen LogP contribution in [0.4, 0.5) is 17.1 Å². The molecule has 10 aromatic rings. The van der Waals surface area contributed by atoms with Crippen LogP contribution in [0.5, 0.6) is 0 Å². The lowest BCUT2D eigenvalue weighted by Crippen LogP contribution is -2.26. The number of benzene rings is 10. The molecule has 0 saturated heterocycles. The van der Waals surface area contributed by atoms with Crippen LogP contribution in [0.3, 0.4) is 0 Å². The molecule has 10 aromatic carbocycles. The minimum Gasteiger partial charge on any atom is -0.310 e. The first-order valence-electron chi connectivity index (χ1n) is 21.5. The van der Waals surface area contributed by atoms with Crippen molar-refractivity contribution in [2.75, 3.05) is 4.90 Å². The van der Waals surface area contributed by atoms with Crippen molar-refractivity contribution in [3.8, 4) is 66.8 Å². The lowest BCUT2D eigenvalue weighted by Gasteiger charge is -2.32. The van der Waals surface area contributed by atoms with Crippen molar-refractivity contribution in [3.05, 3.63) is 271 Å². The fraction of sp³-hybridized carbons (Fsp3) is 0.0164. The van der Waals surface area contributed by atoms with Gasteiger partial charge in [-0.2, -0.15) is 0 Å². The molecule has 290 valence electrons. The minimum atomic E-state index is -0.429. The van der Waals surface area contributed by atoms with Crippen molar-refractivity contribution < 1.29 is 0 Å².